The van der Waals surface area contributed by atoms with Gasteiger partial charge >= 0.3 is 0 Å². The molecule has 0 rings (SSSR count). The summed E-state index contributed by atoms with van der Waals surface area (Å²) in [6, 6.07) is 0. The lowest BCUT2D eigenvalue weighted by Gasteiger charge is -2.32. The molecule has 0 atom stereocenters. The van der Waals surface area contributed by atoms with Gasteiger partial charge in [0.25, 0.3) is 0 Å². The summed E-state index contributed by atoms with van der Waals surface area (Å²) in [6.07, 6.45) is 2.40. The zero-order chi connectivity index (χ0) is 18.6. The molecule has 6 nitrogen and oxygen atoms in total. The Morgan fingerprint density at radius 2 is 1.67 bits per heavy atom. The fourth-order valence-corrected chi connectivity index (χ4v) is 1.93. The number of carbonyl (C=O) groups excluding carboxylic acids is 2. The number of halogens is 1. The van der Waals surface area contributed by atoms with E-state index in [0.29, 0.717) is 26.2 Å². The van der Waals surface area contributed by atoms with Gasteiger partial charge in [0.2, 0.25) is 11.8 Å². The number of hydrogen-bond acceptors (Lipinski definition) is 4. The van der Waals surface area contributed by atoms with Crippen molar-refractivity contribution in [3.05, 3.63) is 0 Å². The Morgan fingerprint density at radius 3 is 2.25 bits per heavy atom. The van der Waals surface area contributed by atoms with Crippen molar-refractivity contribution in [1.29, 1.82) is 0 Å². The summed E-state index contributed by atoms with van der Waals surface area (Å²) in [5.74, 6) is -0.0609. The van der Waals surface area contributed by atoms with E-state index in [4.69, 9.17) is 9.47 Å². The van der Waals surface area contributed by atoms with Gasteiger partial charge < -0.3 is 20.1 Å². The number of hydrogen-bond donors (Lipinski definition) is 2. The molecule has 0 aromatic rings. The number of unbranched alkanes of at least 4 members (excludes halogenated alkanes) is 1. The Balaban J connectivity index is 4.02. The predicted molar refractivity (Wildman–Crippen MR) is 99.4 cm³/mol. The minimum atomic E-state index is -0.500. The minimum absolute atomic E-state index is 0.0120. The van der Waals surface area contributed by atoms with Crippen LogP contribution in [0.15, 0.2) is 0 Å². The Morgan fingerprint density at radius 1 is 1.00 bits per heavy atom. The van der Waals surface area contributed by atoms with Crippen LogP contribution in [0.2, 0.25) is 0 Å². The van der Waals surface area contributed by atoms with Crippen LogP contribution in [0.1, 0.15) is 53.9 Å². The number of alkyl halides is 1. The van der Waals surface area contributed by atoms with Crippen LogP contribution in [-0.4, -0.2) is 54.6 Å². The van der Waals surface area contributed by atoms with Crippen LogP contribution in [-0.2, 0) is 19.1 Å². The van der Waals surface area contributed by atoms with Gasteiger partial charge in [-0.1, -0.05) is 29.3 Å². The van der Waals surface area contributed by atoms with Gasteiger partial charge in [0.05, 0.1) is 29.7 Å². The smallest absolute Gasteiger partial charge is 0.230 e. The number of rotatable bonds is 13. The van der Waals surface area contributed by atoms with Gasteiger partial charge in [0.1, 0.15) is 0 Å². The monoisotopic (exact) mass is 408 g/mol. The van der Waals surface area contributed by atoms with Crippen molar-refractivity contribution in [1.82, 2.24) is 10.6 Å². The third kappa shape index (κ3) is 12.7. The van der Waals surface area contributed by atoms with Crippen molar-refractivity contribution in [3.63, 3.8) is 0 Å². The highest BCUT2D eigenvalue weighted by molar-refractivity contribution is 9.09. The number of carbonyl (C=O) groups is 2. The SMILES string of the molecule is CCCCNC(=O)CCOC(C)(C)COC(C)(C)CNC(=O)CBr. The van der Waals surface area contributed by atoms with Crippen molar-refractivity contribution in [2.75, 3.05) is 31.6 Å². The molecule has 0 aliphatic rings. The largest absolute Gasteiger partial charge is 0.373 e. The van der Waals surface area contributed by atoms with E-state index in [9.17, 15) is 9.59 Å². The highest BCUT2D eigenvalue weighted by atomic mass is 79.9. The molecule has 0 radical (unpaired) electrons. The molecule has 0 fully saturated rings. The van der Waals surface area contributed by atoms with Crippen LogP contribution in [0, 0.1) is 0 Å². The molecule has 0 saturated carbocycles. The first-order chi connectivity index (χ1) is 11.1. The fraction of sp³-hybridized carbons (Fsp3) is 0.882. The summed E-state index contributed by atoms with van der Waals surface area (Å²) in [5, 5.41) is 5.93. The standard InChI is InChI=1S/C17H33BrN2O4/c1-6-7-9-19-14(21)8-10-23-17(4,5)13-24-16(2,3)12-20-15(22)11-18/h6-13H2,1-5H3,(H,19,21)(H,20,22). The Labute approximate surface area is 154 Å². The molecule has 142 valence electrons. The number of nitrogens with one attached hydrogen (secondary N) is 2. The first-order valence-corrected chi connectivity index (χ1v) is 9.61. The molecule has 7 heteroatoms. The first kappa shape index (κ1) is 23.3. The lowest BCUT2D eigenvalue weighted by molar-refractivity contribution is -0.133. The van der Waals surface area contributed by atoms with E-state index >= 15 is 0 Å². The molecular formula is C17H33BrN2O4. The maximum atomic E-state index is 11.6. The zero-order valence-electron chi connectivity index (χ0n) is 15.7. The number of amides is 2. The molecule has 0 saturated heterocycles. The number of ether oxygens (including phenoxy) is 2. The molecule has 24 heavy (non-hydrogen) atoms. The van der Waals surface area contributed by atoms with E-state index < -0.39 is 11.2 Å². The molecule has 0 spiro atoms. The minimum Gasteiger partial charge on any atom is -0.373 e. The normalized spacial score (nSPS) is 12.1. The van der Waals surface area contributed by atoms with Gasteiger partial charge in [-0.2, -0.15) is 0 Å². The second-order valence-corrected chi connectivity index (χ2v) is 7.58. The highest BCUT2D eigenvalue weighted by Crippen LogP contribution is 2.16. The molecule has 0 aromatic heterocycles. The molecule has 0 aliphatic heterocycles. The van der Waals surface area contributed by atoms with Gasteiger partial charge in [0, 0.05) is 19.5 Å². The molecular weight excluding hydrogens is 376 g/mol. The summed E-state index contributed by atoms with van der Waals surface area (Å²) in [6.45, 7) is 11.6. The molecule has 0 aromatic carbocycles. The van der Waals surface area contributed by atoms with Crippen LogP contribution in [0.5, 0.6) is 0 Å². The maximum absolute atomic E-state index is 11.6. The molecule has 0 aliphatic carbocycles. The lowest BCUT2D eigenvalue weighted by atomic mass is 10.1. The van der Waals surface area contributed by atoms with Gasteiger partial charge in [0.15, 0.2) is 0 Å². The summed E-state index contributed by atoms with van der Waals surface area (Å²) in [5.41, 5.74) is -0.990. The van der Waals surface area contributed by atoms with Crippen LogP contribution < -0.4 is 10.6 Å². The van der Waals surface area contributed by atoms with Crippen molar-refractivity contribution in [3.8, 4) is 0 Å². The van der Waals surface area contributed by atoms with Crippen molar-refractivity contribution >= 4 is 27.7 Å². The van der Waals surface area contributed by atoms with Gasteiger partial charge in [-0.15, -0.1) is 0 Å². The summed E-state index contributed by atoms with van der Waals surface area (Å²) < 4.78 is 11.6. The van der Waals surface area contributed by atoms with Crippen LogP contribution in [0.3, 0.4) is 0 Å². The topological polar surface area (TPSA) is 76.7 Å². The second-order valence-electron chi connectivity index (χ2n) is 7.02. The Kier molecular flexibility index (Phi) is 11.5. The second kappa shape index (κ2) is 11.8. The van der Waals surface area contributed by atoms with Gasteiger partial charge in [-0.25, -0.2) is 0 Å². The van der Waals surface area contributed by atoms with Crippen molar-refractivity contribution < 1.29 is 19.1 Å². The van der Waals surface area contributed by atoms with Crippen LogP contribution in [0.25, 0.3) is 0 Å². The van der Waals surface area contributed by atoms with Crippen molar-refractivity contribution in [2.24, 2.45) is 0 Å². The summed E-state index contributed by atoms with van der Waals surface area (Å²) >= 11 is 3.11. The average Bonchev–Trinajstić information content (AvgIpc) is 2.51. The first-order valence-electron chi connectivity index (χ1n) is 8.49. The average molecular weight is 409 g/mol. The van der Waals surface area contributed by atoms with E-state index in [-0.39, 0.29) is 17.1 Å². The molecule has 0 unspecified atom stereocenters. The zero-order valence-corrected chi connectivity index (χ0v) is 17.3. The quantitative estimate of drug-likeness (QED) is 0.362. The Hall–Kier alpha value is -0.660. The van der Waals surface area contributed by atoms with Crippen LogP contribution >= 0.6 is 15.9 Å². The molecule has 0 bridgehead atoms. The molecule has 0 heterocycles. The molecule has 2 amide bonds. The predicted octanol–water partition coefficient (Wildman–Crippen LogP) is 2.39. The third-order valence-corrected chi connectivity index (χ3v) is 3.83. The van der Waals surface area contributed by atoms with Crippen molar-refractivity contribution in [2.45, 2.75) is 65.1 Å². The fourth-order valence-electron chi connectivity index (χ4n) is 1.73. The van der Waals surface area contributed by atoms with E-state index in [1.807, 2.05) is 27.7 Å². The maximum Gasteiger partial charge on any atom is 0.230 e. The van der Waals surface area contributed by atoms with E-state index in [1.54, 1.807) is 0 Å². The van der Waals surface area contributed by atoms with Gasteiger partial charge in [-0.05, 0) is 34.1 Å². The van der Waals surface area contributed by atoms with Gasteiger partial charge in [-0.3, -0.25) is 9.59 Å². The molecule has 2 N–H and O–H groups in total. The summed E-state index contributed by atoms with van der Waals surface area (Å²) in [7, 11) is 0. The Bertz CT molecular complexity index is 387. The summed E-state index contributed by atoms with van der Waals surface area (Å²) in [4.78, 5) is 22.9. The van der Waals surface area contributed by atoms with E-state index in [0.717, 1.165) is 19.4 Å². The van der Waals surface area contributed by atoms with Crippen LogP contribution in [0.4, 0.5) is 0 Å². The van der Waals surface area contributed by atoms with E-state index in [2.05, 4.69) is 33.5 Å². The lowest BCUT2D eigenvalue weighted by Crippen LogP contribution is -2.44. The highest BCUT2D eigenvalue weighted by Gasteiger charge is 2.26. The third-order valence-electron chi connectivity index (χ3n) is 3.32. The van der Waals surface area contributed by atoms with E-state index in [1.165, 1.54) is 0 Å².